The molecular formula is C10H11FN2O3. The molecule has 0 aliphatic rings. The number of hydrogen-bond donors (Lipinski definition) is 1. The molecule has 0 aliphatic heterocycles. The molecule has 0 heterocycles. The zero-order valence-electron chi connectivity index (χ0n) is 8.86. The minimum absolute atomic E-state index is 0.0590. The quantitative estimate of drug-likeness (QED) is 0.736. The van der Waals surface area contributed by atoms with E-state index in [-0.39, 0.29) is 11.4 Å². The Bertz CT molecular complexity index is 434. The maximum atomic E-state index is 13.3. The van der Waals surface area contributed by atoms with Gasteiger partial charge in [-0.05, 0) is 12.1 Å². The van der Waals surface area contributed by atoms with Gasteiger partial charge >= 0.3 is 11.8 Å². The van der Waals surface area contributed by atoms with Crippen molar-refractivity contribution >= 4 is 17.5 Å². The minimum Gasteiger partial charge on any atom is -0.494 e. The molecule has 2 amide bonds. The average molecular weight is 226 g/mol. The monoisotopic (exact) mass is 226 g/mol. The van der Waals surface area contributed by atoms with Crippen molar-refractivity contribution < 1.29 is 18.7 Å². The molecule has 6 heteroatoms. The Kier molecular flexibility index (Phi) is 3.44. The van der Waals surface area contributed by atoms with E-state index in [0.29, 0.717) is 0 Å². The lowest BCUT2D eigenvalue weighted by Crippen LogP contribution is -2.37. The van der Waals surface area contributed by atoms with Gasteiger partial charge in [-0.2, -0.15) is 0 Å². The van der Waals surface area contributed by atoms with E-state index in [0.717, 1.165) is 11.0 Å². The van der Waals surface area contributed by atoms with Crippen LogP contribution in [0.4, 0.5) is 10.1 Å². The lowest BCUT2D eigenvalue weighted by atomic mass is 10.2. The summed E-state index contributed by atoms with van der Waals surface area (Å²) in [6.45, 7) is 0. The molecule has 0 fully saturated rings. The van der Waals surface area contributed by atoms with Crippen LogP contribution in [-0.2, 0) is 9.59 Å². The molecule has 0 spiro atoms. The Hall–Kier alpha value is -2.11. The number of primary amides is 1. The van der Waals surface area contributed by atoms with Crippen LogP contribution < -0.4 is 15.4 Å². The second-order valence-electron chi connectivity index (χ2n) is 3.05. The van der Waals surface area contributed by atoms with Gasteiger partial charge in [-0.15, -0.1) is 0 Å². The number of anilines is 1. The number of hydrogen-bond acceptors (Lipinski definition) is 3. The molecule has 0 atom stereocenters. The summed E-state index contributed by atoms with van der Waals surface area (Å²) in [4.78, 5) is 22.8. The Morgan fingerprint density at radius 1 is 1.44 bits per heavy atom. The highest BCUT2D eigenvalue weighted by atomic mass is 19.1. The van der Waals surface area contributed by atoms with Crippen LogP contribution in [0.2, 0.25) is 0 Å². The largest absolute Gasteiger partial charge is 0.494 e. The van der Waals surface area contributed by atoms with Gasteiger partial charge in [0.2, 0.25) is 0 Å². The molecule has 86 valence electrons. The third-order valence-electron chi connectivity index (χ3n) is 2.04. The fraction of sp³-hybridized carbons (Fsp3) is 0.200. The number of halogens is 1. The van der Waals surface area contributed by atoms with Gasteiger partial charge in [-0.25, -0.2) is 4.39 Å². The van der Waals surface area contributed by atoms with E-state index in [2.05, 4.69) is 0 Å². The molecule has 1 aromatic carbocycles. The number of nitrogens with zero attached hydrogens (tertiary/aromatic N) is 1. The van der Waals surface area contributed by atoms with Crippen LogP contribution in [0, 0.1) is 5.82 Å². The molecular weight excluding hydrogens is 215 g/mol. The molecule has 0 unspecified atom stereocenters. The topological polar surface area (TPSA) is 72.6 Å². The zero-order chi connectivity index (χ0) is 12.3. The van der Waals surface area contributed by atoms with E-state index in [1.165, 1.54) is 26.3 Å². The number of amides is 2. The van der Waals surface area contributed by atoms with Crippen LogP contribution in [0.15, 0.2) is 18.2 Å². The second-order valence-corrected chi connectivity index (χ2v) is 3.05. The number of rotatable bonds is 2. The first-order valence-electron chi connectivity index (χ1n) is 4.38. The summed E-state index contributed by atoms with van der Waals surface area (Å²) in [7, 11) is 2.66. The van der Waals surface area contributed by atoms with Crippen molar-refractivity contribution in [2.24, 2.45) is 5.73 Å². The van der Waals surface area contributed by atoms with Crippen molar-refractivity contribution in [3.05, 3.63) is 24.0 Å². The van der Waals surface area contributed by atoms with Crippen LogP contribution in [0.25, 0.3) is 0 Å². The Labute approximate surface area is 91.6 Å². The molecule has 1 rings (SSSR count). The van der Waals surface area contributed by atoms with Crippen LogP contribution in [0.1, 0.15) is 0 Å². The van der Waals surface area contributed by atoms with Gasteiger partial charge in [-0.3, -0.25) is 9.59 Å². The van der Waals surface area contributed by atoms with E-state index in [4.69, 9.17) is 10.5 Å². The van der Waals surface area contributed by atoms with Crippen molar-refractivity contribution in [3.8, 4) is 5.75 Å². The van der Waals surface area contributed by atoms with Gasteiger partial charge in [0.05, 0.1) is 7.11 Å². The Morgan fingerprint density at radius 2 is 2.06 bits per heavy atom. The van der Waals surface area contributed by atoms with E-state index in [1.54, 1.807) is 0 Å². The number of ether oxygens (including phenoxy) is 1. The molecule has 0 aliphatic carbocycles. The fourth-order valence-corrected chi connectivity index (χ4v) is 1.15. The molecule has 5 nitrogen and oxygen atoms in total. The van der Waals surface area contributed by atoms with E-state index >= 15 is 0 Å². The van der Waals surface area contributed by atoms with E-state index < -0.39 is 17.6 Å². The average Bonchev–Trinajstić information content (AvgIpc) is 2.26. The van der Waals surface area contributed by atoms with E-state index in [9.17, 15) is 14.0 Å². The summed E-state index contributed by atoms with van der Waals surface area (Å²) in [6, 6.07) is 3.89. The van der Waals surface area contributed by atoms with Gasteiger partial charge in [0.25, 0.3) is 0 Å². The summed E-state index contributed by atoms with van der Waals surface area (Å²) >= 11 is 0. The van der Waals surface area contributed by atoms with Crippen molar-refractivity contribution in [1.29, 1.82) is 0 Å². The smallest absolute Gasteiger partial charge is 0.315 e. The molecule has 0 radical (unpaired) electrons. The van der Waals surface area contributed by atoms with Crippen LogP contribution in [0.5, 0.6) is 5.75 Å². The first-order valence-corrected chi connectivity index (χ1v) is 4.38. The van der Waals surface area contributed by atoms with Crippen LogP contribution >= 0.6 is 0 Å². The Balaban J connectivity index is 3.01. The lowest BCUT2D eigenvalue weighted by Gasteiger charge is -2.15. The number of carbonyl (C=O) groups is 2. The van der Waals surface area contributed by atoms with Crippen molar-refractivity contribution in [3.63, 3.8) is 0 Å². The summed E-state index contributed by atoms with van der Waals surface area (Å²) < 4.78 is 18.0. The molecule has 0 saturated carbocycles. The number of nitrogens with two attached hydrogens (primary N) is 1. The van der Waals surface area contributed by atoms with Crippen LogP contribution in [0.3, 0.4) is 0 Å². The fourth-order valence-electron chi connectivity index (χ4n) is 1.15. The first kappa shape index (κ1) is 12.0. The van der Waals surface area contributed by atoms with Crippen molar-refractivity contribution in [2.45, 2.75) is 0 Å². The van der Waals surface area contributed by atoms with E-state index in [1.807, 2.05) is 0 Å². The predicted octanol–water partition coefficient (Wildman–Crippen LogP) is 0.282. The maximum absolute atomic E-state index is 13.3. The molecule has 1 aromatic rings. The van der Waals surface area contributed by atoms with Gasteiger partial charge < -0.3 is 15.4 Å². The third-order valence-corrected chi connectivity index (χ3v) is 2.04. The summed E-state index contributed by atoms with van der Waals surface area (Å²) in [5.74, 6) is -2.57. The van der Waals surface area contributed by atoms with Crippen molar-refractivity contribution in [1.82, 2.24) is 0 Å². The van der Waals surface area contributed by atoms with Gasteiger partial charge in [0.1, 0.15) is 0 Å². The summed E-state index contributed by atoms with van der Waals surface area (Å²) in [5, 5.41) is 0. The number of likely N-dealkylation sites (N-methyl/N-ethyl adjacent to an activating group) is 1. The molecule has 2 N–H and O–H groups in total. The van der Waals surface area contributed by atoms with Gasteiger partial charge in [0, 0.05) is 18.8 Å². The zero-order valence-corrected chi connectivity index (χ0v) is 8.86. The van der Waals surface area contributed by atoms with Crippen molar-refractivity contribution in [2.75, 3.05) is 19.1 Å². The number of benzene rings is 1. The minimum atomic E-state index is -1.10. The highest BCUT2D eigenvalue weighted by Gasteiger charge is 2.17. The Morgan fingerprint density at radius 3 is 2.50 bits per heavy atom. The number of carbonyl (C=O) groups excluding carboxylic acids is 2. The first-order chi connectivity index (χ1) is 7.47. The highest BCUT2D eigenvalue weighted by molar-refractivity contribution is 6.39. The van der Waals surface area contributed by atoms with Gasteiger partial charge in [0.15, 0.2) is 11.6 Å². The van der Waals surface area contributed by atoms with Gasteiger partial charge in [-0.1, -0.05) is 0 Å². The lowest BCUT2D eigenvalue weighted by molar-refractivity contribution is -0.135. The SMILES string of the molecule is COc1ccc(N(C)C(=O)C(N)=O)cc1F. The molecule has 0 aromatic heterocycles. The third kappa shape index (κ3) is 2.28. The summed E-state index contributed by atoms with van der Waals surface area (Å²) in [5.41, 5.74) is 5.04. The molecule has 0 bridgehead atoms. The second kappa shape index (κ2) is 4.61. The predicted molar refractivity (Wildman–Crippen MR) is 55.6 cm³/mol. The summed E-state index contributed by atoms with van der Waals surface area (Å²) in [6.07, 6.45) is 0. The highest BCUT2D eigenvalue weighted by Crippen LogP contribution is 2.22. The van der Waals surface area contributed by atoms with Crippen LogP contribution in [-0.4, -0.2) is 26.0 Å². The standard InChI is InChI=1S/C10H11FN2O3/c1-13(10(15)9(12)14)6-3-4-8(16-2)7(11)5-6/h3-5H,1-2H3,(H2,12,14). The normalized spacial score (nSPS) is 9.69. The molecule has 16 heavy (non-hydrogen) atoms. The number of methoxy groups -OCH3 is 1. The maximum Gasteiger partial charge on any atom is 0.315 e. The molecule has 0 saturated heterocycles.